The Kier molecular flexibility index (Phi) is 8.45. The summed E-state index contributed by atoms with van der Waals surface area (Å²) in [7, 11) is 0. The van der Waals surface area contributed by atoms with Gasteiger partial charge in [-0.1, -0.05) is 18.2 Å². The molecule has 1 aromatic heterocycles. The summed E-state index contributed by atoms with van der Waals surface area (Å²) in [6.45, 7) is 4.83. The standard InChI is InChI=1S/C32H35FN4O/c33-29-6-8-30(9-7-29)37-17-13-24(14-18-37)19-28-5-10-31(35-22-28)32(38)20-25-11-15-36(16-12-25)23-27-3-1-26(21-34)2-4-27/h1-10,22,24-25H,11-20,23H2. The smallest absolute Gasteiger partial charge is 0.181 e. The molecule has 0 unspecified atom stereocenters. The highest BCUT2D eigenvalue weighted by atomic mass is 19.1. The van der Waals surface area contributed by atoms with Crippen molar-refractivity contribution in [2.45, 2.75) is 45.1 Å². The number of pyridine rings is 1. The normalized spacial score (nSPS) is 17.3. The van der Waals surface area contributed by atoms with E-state index in [2.05, 4.69) is 26.9 Å². The molecule has 5 nitrogen and oxygen atoms in total. The number of halogens is 1. The van der Waals surface area contributed by atoms with Gasteiger partial charge in [0.25, 0.3) is 0 Å². The highest BCUT2D eigenvalue weighted by molar-refractivity contribution is 5.94. The number of hydrogen-bond donors (Lipinski definition) is 0. The number of nitrogens with zero attached hydrogens (tertiary/aromatic N) is 4. The fraction of sp³-hybridized carbons (Fsp3) is 0.406. The predicted octanol–water partition coefficient (Wildman–Crippen LogP) is 6.04. The second-order valence-electron chi connectivity index (χ2n) is 10.8. The van der Waals surface area contributed by atoms with Crippen LogP contribution in [0.3, 0.4) is 0 Å². The highest BCUT2D eigenvalue weighted by Crippen LogP contribution is 2.27. The summed E-state index contributed by atoms with van der Waals surface area (Å²) in [5.74, 6) is 0.964. The second kappa shape index (κ2) is 12.3. The highest BCUT2D eigenvalue weighted by Gasteiger charge is 2.23. The van der Waals surface area contributed by atoms with Crippen LogP contribution in [0, 0.1) is 29.0 Å². The number of piperidine rings is 2. The number of likely N-dealkylation sites (tertiary alicyclic amines) is 1. The Hall–Kier alpha value is -3.56. The molecule has 38 heavy (non-hydrogen) atoms. The monoisotopic (exact) mass is 510 g/mol. The lowest BCUT2D eigenvalue weighted by atomic mass is 9.89. The molecule has 0 amide bonds. The van der Waals surface area contributed by atoms with Crippen LogP contribution in [0.4, 0.5) is 10.1 Å². The summed E-state index contributed by atoms with van der Waals surface area (Å²) in [6.07, 6.45) is 7.69. The zero-order valence-corrected chi connectivity index (χ0v) is 21.9. The Morgan fingerprint density at radius 2 is 1.53 bits per heavy atom. The van der Waals surface area contributed by atoms with Crippen molar-refractivity contribution in [2.75, 3.05) is 31.1 Å². The third-order valence-corrected chi connectivity index (χ3v) is 8.11. The van der Waals surface area contributed by atoms with Crippen LogP contribution < -0.4 is 4.90 Å². The van der Waals surface area contributed by atoms with Crippen LogP contribution in [0.2, 0.25) is 0 Å². The Labute approximate surface area is 224 Å². The van der Waals surface area contributed by atoms with E-state index in [0.29, 0.717) is 29.5 Å². The van der Waals surface area contributed by atoms with Gasteiger partial charge in [0, 0.05) is 37.9 Å². The number of carbonyl (C=O) groups excluding carboxylic acids is 1. The molecule has 0 atom stereocenters. The molecule has 0 N–H and O–H groups in total. The third-order valence-electron chi connectivity index (χ3n) is 8.11. The Bertz CT molecular complexity index is 1230. The molecule has 196 valence electrons. The van der Waals surface area contributed by atoms with Gasteiger partial charge < -0.3 is 4.90 Å². The number of benzene rings is 2. The first-order valence-electron chi connectivity index (χ1n) is 13.8. The molecule has 6 heteroatoms. The number of ketones is 1. The molecule has 2 saturated heterocycles. The Morgan fingerprint density at radius 1 is 0.868 bits per heavy atom. The molecular formula is C32H35FN4O. The fourth-order valence-electron chi connectivity index (χ4n) is 5.75. The van der Waals surface area contributed by atoms with Gasteiger partial charge in [-0.25, -0.2) is 4.39 Å². The first-order valence-corrected chi connectivity index (χ1v) is 13.8. The summed E-state index contributed by atoms with van der Waals surface area (Å²) in [5, 5.41) is 8.96. The van der Waals surface area contributed by atoms with Crippen molar-refractivity contribution in [1.29, 1.82) is 5.26 Å². The largest absolute Gasteiger partial charge is 0.372 e. The Morgan fingerprint density at radius 3 is 2.16 bits per heavy atom. The van der Waals surface area contributed by atoms with E-state index < -0.39 is 0 Å². The molecule has 0 saturated carbocycles. The van der Waals surface area contributed by atoms with Crippen LogP contribution in [0.25, 0.3) is 0 Å². The zero-order chi connectivity index (χ0) is 26.3. The van der Waals surface area contributed by atoms with Crippen LogP contribution in [0.5, 0.6) is 0 Å². The SMILES string of the molecule is N#Cc1ccc(CN2CCC(CC(=O)c3ccc(CC4CCN(c5ccc(F)cc5)CC4)cn3)CC2)cc1. The number of nitriles is 1. The minimum Gasteiger partial charge on any atom is -0.372 e. The molecule has 0 radical (unpaired) electrons. The minimum absolute atomic E-state index is 0.148. The van der Waals surface area contributed by atoms with Gasteiger partial charge in [-0.05, 0) is 111 Å². The van der Waals surface area contributed by atoms with E-state index >= 15 is 0 Å². The maximum absolute atomic E-state index is 13.2. The molecule has 5 rings (SSSR count). The summed E-state index contributed by atoms with van der Waals surface area (Å²) in [6, 6.07) is 20.7. The van der Waals surface area contributed by atoms with E-state index in [-0.39, 0.29) is 11.6 Å². The molecule has 2 fully saturated rings. The number of Topliss-reactive ketones (excluding diaryl/α,β-unsaturated/α-hetero) is 1. The number of rotatable bonds is 8. The average molecular weight is 511 g/mol. The molecular weight excluding hydrogens is 475 g/mol. The van der Waals surface area contributed by atoms with Crippen molar-refractivity contribution in [3.8, 4) is 6.07 Å². The number of carbonyl (C=O) groups is 1. The third kappa shape index (κ3) is 6.85. The molecule has 2 aliphatic heterocycles. The number of anilines is 1. The van der Waals surface area contributed by atoms with Gasteiger partial charge >= 0.3 is 0 Å². The summed E-state index contributed by atoms with van der Waals surface area (Å²) in [4.78, 5) is 22.2. The van der Waals surface area contributed by atoms with Crippen LogP contribution in [0.1, 0.15) is 59.3 Å². The van der Waals surface area contributed by atoms with Crippen LogP contribution >= 0.6 is 0 Å². The fourth-order valence-corrected chi connectivity index (χ4v) is 5.75. The van der Waals surface area contributed by atoms with Crippen molar-refractivity contribution in [3.05, 3.63) is 95.1 Å². The van der Waals surface area contributed by atoms with Crippen molar-refractivity contribution in [3.63, 3.8) is 0 Å². The van der Waals surface area contributed by atoms with Gasteiger partial charge in [-0.3, -0.25) is 14.7 Å². The van der Waals surface area contributed by atoms with E-state index in [9.17, 15) is 9.18 Å². The summed E-state index contributed by atoms with van der Waals surface area (Å²) in [5.41, 5.74) is 4.78. The first-order chi connectivity index (χ1) is 18.6. The molecule has 0 bridgehead atoms. The van der Waals surface area contributed by atoms with Gasteiger partial charge in [-0.15, -0.1) is 0 Å². The van der Waals surface area contributed by atoms with Crippen LogP contribution in [-0.4, -0.2) is 41.8 Å². The van der Waals surface area contributed by atoms with E-state index in [1.165, 1.54) is 23.3 Å². The van der Waals surface area contributed by atoms with Crippen molar-refractivity contribution in [2.24, 2.45) is 11.8 Å². The number of aromatic nitrogens is 1. The lowest BCUT2D eigenvalue weighted by Gasteiger charge is -2.33. The average Bonchev–Trinajstić information content (AvgIpc) is 2.96. The molecule has 2 aromatic carbocycles. The zero-order valence-electron chi connectivity index (χ0n) is 21.9. The Balaban J connectivity index is 1.04. The summed E-state index contributed by atoms with van der Waals surface area (Å²) < 4.78 is 13.2. The van der Waals surface area contributed by atoms with Gasteiger partial charge in [0.2, 0.25) is 0 Å². The van der Waals surface area contributed by atoms with Gasteiger partial charge in [-0.2, -0.15) is 5.26 Å². The van der Waals surface area contributed by atoms with Gasteiger partial charge in [0.1, 0.15) is 11.5 Å². The molecule has 3 heterocycles. The summed E-state index contributed by atoms with van der Waals surface area (Å²) >= 11 is 0. The van der Waals surface area contributed by atoms with E-state index in [1.807, 2.05) is 48.7 Å². The molecule has 0 aliphatic carbocycles. The van der Waals surface area contributed by atoms with Gasteiger partial charge in [0.05, 0.1) is 11.6 Å². The van der Waals surface area contributed by atoms with Crippen LogP contribution in [0.15, 0.2) is 66.9 Å². The topological polar surface area (TPSA) is 60.2 Å². The maximum atomic E-state index is 13.2. The minimum atomic E-state index is -0.195. The van der Waals surface area contributed by atoms with E-state index in [1.54, 1.807) is 0 Å². The molecule has 2 aliphatic rings. The van der Waals surface area contributed by atoms with Crippen molar-refractivity contribution >= 4 is 11.5 Å². The molecule has 0 spiro atoms. The first kappa shape index (κ1) is 26.1. The quantitative estimate of drug-likeness (QED) is 0.346. The number of hydrogen-bond acceptors (Lipinski definition) is 5. The molecule has 3 aromatic rings. The maximum Gasteiger partial charge on any atom is 0.181 e. The predicted molar refractivity (Wildman–Crippen MR) is 147 cm³/mol. The van der Waals surface area contributed by atoms with Crippen molar-refractivity contribution < 1.29 is 9.18 Å². The van der Waals surface area contributed by atoms with Crippen molar-refractivity contribution in [1.82, 2.24) is 9.88 Å². The van der Waals surface area contributed by atoms with Gasteiger partial charge in [0.15, 0.2) is 5.78 Å². The lowest BCUT2D eigenvalue weighted by Crippen LogP contribution is -2.34. The lowest BCUT2D eigenvalue weighted by molar-refractivity contribution is 0.0920. The van der Waals surface area contributed by atoms with E-state index in [0.717, 1.165) is 70.5 Å². The van der Waals surface area contributed by atoms with E-state index in [4.69, 9.17) is 5.26 Å². The van der Waals surface area contributed by atoms with Crippen LogP contribution in [-0.2, 0) is 13.0 Å². The second-order valence-corrected chi connectivity index (χ2v) is 10.8.